The SMILES string of the molecule is CC(C)Oc1cccc(/C=C(\C(=O)O)c2cccc3ccccc23)c1. The summed E-state index contributed by atoms with van der Waals surface area (Å²) in [6, 6.07) is 21.0. The van der Waals surface area contributed by atoms with Gasteiger partial charge in [-0.1, -0.05) is 54.6 Å². The predicted molar refractivity (Wildman–Crippen MR) is 102 cm³/mol. The van der Waals surface area contributed by atoms with Crippen LogP contribution in [0.3, 0.4) is 0 Å². The van der Waals surface area contributed by atoms with Crippen LogP contribution >= 0.6 is 0 Å². The summed E-state index contributed by atoms with van der Waals surface area (Å²) < 4.78 is 5.70. The summed E-state index contributed by atoms with van der Waals surface area (Å²) in [5.41, 5.74) is 1.77. The minimum atomic E-state index is -0.952. The maximum Gasteiger partial charge on any atom is 0.336 e. The van der Waals surface area contributed by atoms with Crippen LogP contribution < -0.4 is 4.74 Å². The Morgan fingerprint density at radius 1 is 1.00 bits per heavy atom. The molecule has 0 aliphatic heterocycles. The van der Waals surface area contributed by atoms with E-state index in [0.29, 0.717) is 5.56 Å². The summed E-state index contributed by atoms with van der Waals surface area (Å²) in [6.07, 6.45) is 1.76. The zero-order chi connectivity index (χ0) is 17.8. The first-order valence-electron chi connectivity index (χ1n) is 8.24. The average Bonchev–Trinajstić information content (AvgIpc) is 2.59. The number of carbonyl (C=O) groups is 1. The van der Waals surface area contributed by atoms with Crippen LogP contribution in [0.4, 0.5) is 0 Å². The van der Waals surface area contributed by atoms with E-state index in [1.54, 1.807) is 6.08 Å². The number of hydrogen-bond donors (Lipinski definition) is 1. The van der Waals surface area contributed by atoms with Crippen LogP contribution in [0.5, 0.6) is 5.75 Å². The highest BCUT2D eigenvalue weighted by atomic mass is 16.5. The van der Waals surface area contributed by atoms with E-state index in [2.05, 4.69) is 0 Å². The van der Waals surface area contributed by atoms with E-state index in [0.717, 1.165) is 22.1 Å². The molecular formula is C22H20O3. The summed E-state index contributed by atoms with van der Waals surface area (Å²) in [5.74, 6) is -0.224. The van der Waals surface area contributed by atoms with E-state index in [9.17, 15) is 9.90 Å². The molecule has 25 heavy (non-hydrogen) atoms. The summed E-state index contributed by atoms with van der Waals surface area (Å²) >= 11 is 0. The molecular weight excluding hydrogens is 312 g/mol. The second-order valence-corrected chi connectivity index (χ2v) is 6.13. The van der Waals surface area contributed by atoms with Crippen LogP contribution in [0.2, 0.25) is 0 Å². The van der Waals surface area contributed by atoms with Crippen LogP contribution in [0.15, 0.2) is 66.7 Å². The molecule has 0 amide bonds. The second kappa shape index (κ2) is 7.22. The van der Waals surface area contributed by atoms with Gasteiger partial charge in [0, 0.05) is 0 Å². The van der Waals surface area contributed by atoms with Crippen LogP contribution in [0.25, 0.3) is 22.4 Å². The number of benzene rings is 3. The van der Waals surface area contributed by atoms with Crippen molar-refractivity contribution in [2.45, 2.75) is 20.0 Å². The molecule has 0 unspecified atom stereocenters. The first-order chi connectivity index (χ1) is 12.0. The Balaban J connectivity index is 2.10. The Hall–Kier alpha value is -3.07. The van der Waals surface area contributed by atoms with E-state index in [1.807, 2.05) is 80.6 Å². The fourth-order valence-electron chi connectivity index (χ4n) is 2.83. The zero-order valence-electron chi connectivity index (χ0n) is 14.3. The Morgan fingerprint density at radius 2 is 1.72 bits per heavy atom. The van der Waals surface area contributed by atoms with Gasteiger partial charge in [0.2, 0.25) is 0 Å². The normalized spacial score (nSPS) is 11.7. The minimum Gasteiger partial charge on any atom is -0.491 e. The van der Waals surface area contributed by atoms with E-state index < -0.39 is 5.97 Å². The highest BCUT2D eigenvalue weighted by Crippen LogP contribution is 2.28. The van der Waals surface area contributed by atoms with Crippen molar-refractivity contribution >= 4 is 28.4 Å². The topological polar surface area (TPSA) is 46.5 Å². The molecule has 3 rings (SSSR count). The number of rotatable bonds is 5. The molecule has 3 nitrogen and oxygen atoms in total. The quantitative estimate of drug-likeness (QED) is 0.512. The molecule has 1 N–H and O–H groups in total. The lowest BCUT2D eigenvalue weighted by Gasteiger charge is -2.11. The molecule has 0 aromatic heterocycles. The van der Waals surface area contributed by atoms with E-state index in [-0.39, 0.29) is 11.7 Å². The molecule has 0 atom stereocenters. The molecule has 0 saturated carbocycles. The molecule has 0 aliphatic carbocycles. The van der Waals surface area contributed by atoms with Crippen molar-refractivity contribution in [3.05, 3.63) is 77.9 Å². The van der Waals surface area contributed by atoms with Gasteiger partial charge in [0.1, 0.15) is 5.75 Å². The third kappa shape index (κ3) is 3.89. The van der Waals surface area contributed by atoms with Gasteiger partial charge >= 0.3 is 5.97 Å². The Bertz CT molecular complexity index is 933. The lowest BCUT2D eigenvalue weighted by molar-refractivity contribution is -0.130. The predicted octanol–water partition coefficient (Wildman–Crippen LogP) is 5.25. The second-order valence-electron chi connectivity index (χ2n) is 6.13. The summed E-state index contributed by atoms with van der Waals surface area (Å²) in [6.45, 7) is 3.92. The summed E-state index contributed by atoms with van der Waals surface area (Å²) in [7, 11) is 0. The number of ether oxygens (including phenoxy) is 1. The van der Waals surface area contributed by atoms with Crippen molar-refractivity contribution in [2.75, 3.05) is 0 Å². The summed E-state index contributed by atoms with van der Waals surface area (Å²) in [5, 5.41) is 11.7. The smallest absolute Gasteiger partial charge is 0.336 e. The molecule has 0 bridgehead atoms. The third-order valence-corrected chi connectivity index (χ3v) is 3.85. The van der Waals surface area contributed by atoms with Crippen molar-refractivity contribution in [3.8, 4) is 5.75 Å². The van der Waals surface area contributed by atoms with E-state index in [1.165, 1.54) is 0 Å². The first-order valence-corrected chi connectivity index (χ1v) is 8.24. The van der Waals surface area contributed by atoms with Crippen LogP contribution in [-0.4, -0.2) is 17.2 Å². The van der Waals surface area contributed by atoms with Gasteiger partial charge in [-0.25, -0.2) is 4.79 Å². The van der Waals surface area contributed by atoms with Gasteiger partial charge in [0.15, 0.2) is 0 Å². The van der Waals surface area contributed by atoms with Gasteiger partial charge < -0.3 is 9.84 Å². The maximum atomic E-state index is 11.9. The lowest BCUT2D eigenvalue weighted by atomic mass is 9.96. The van der Waals surface area contributed by atoms with Crippen molar-refractivity contribution in [1.82, 2.24) is 0 Å². The number of fused-ring (bicyclic) bond motifs is 1. The molecule has 0 saturated heterocycles. The van der Waals surface area contributed by atoms with Gasteiger partial charge in [-0.2, -0.15) is 0 Å². The van der Waals surface area contributed by atoms with Crippen molar-refractivity contribution < 1.29 is 14.6 Å². The molecule has 3 aromatic rings. The molecule has 3 heteroatoms. The van der Waals surface area contributed by atoms with E-state index in [4.69, 9.17) is 4.74 Å². The van der Waals surface area contributed by atoms with Gasteiger partial charge in [-0.05, 0) is 54.0 Å². The Kier molecular flexibility index (Phi) is 4.85. The van der Waals surface area contributed by atoms with Crippen molar-refractivity contribution in [1.29, 1.82) is 0 Å². The minimum absolute atomic E-state index is 0.0660. The number of carboxylic acids is 1. The van der Waals surface area contributed by atoms with Gasteiger partial charge in [0.25, 0.3) is 0 Å². The van der Waals surface area contributed by atoms with Crippen molar-refractivity contribution in [2.24, 2.45) is 0 Å². The fraction of sp³-hybridized carbons (Fsp3) is 0.136. The van der Waals surface area contributed by atoms with Crippen molar-refractivity contribution in [3.63, 3.8) is 0 Å². The molecule has 0 radical (unpaired) electrons. The van der Waals surface area contributed by atoms with Gasteiger partial charge in [0.05, 0.1) is 11.7 Å². The molecule has 0 aliphatic rings. The largest absolute Gasteiger partial charge is 0.491 e. The summed E-state index contributed by atoms with van der Waals surface area (Å²) in [4.78, 5) is 11.9. The number of aliphatic carboxylic acids is 1. The Labute approximate surface area is 147 Å². The number of hydrogen-bond acceptors (Lipinski definition) is 2. The molecule has 0 heterocycles. The van der Waals surface area contributed by atoms with Crippen LogP contribution in [-0.2, 0) is 4.79 Å². The molecule has 0 spiro atoms. The molecule has 126 valence electrons. The zero-order valence-corrected chi connectivity index (χ0v) is 14.3. The highest BCUT2D eigenvalue weighted by Gasteiger charge is 2.13. The third-order valence-electron chi connectivity index (χ3n) is 3.85. The van der Waals surface area contributed by atoms with E-state index >= 15 is 0 Å². The van der Waals surface area contributed by atoms with Gasteiger partial charge in [-0.3, -0.25) is 0 Å². The standard InChI is InChI=1S/C22H20O3/c1-15(2)25-18-10-5-7-16(13-18)14-21(22(23)24)20-12-6-9-17-8-3-4-11-19(17)20/h3-15H,1-2H3,(H,23,24)/b21-14-. The maximum absolute atomic E-state index is 11.9. The van der Waals surface area contributed by atoms with Crippen LogP contribution in [0.1, 0.15) is 25.0 Å². The monoisotopic (exact) mass is 332 g/mol. The Morgan fingerprint density at radius 3 is 2.48 bits per heavy atom. The fourth-order valence-corrected chi connectivity index (χ4v) is 2.83. The van der Waals surface area contributed by atoms with Crippen LogP contribution in [0, 0.1) is 0 Å². The lowest BCUT2D eigenvalue weighted by Crippen LogP contribution is -2.05. The first kappa shape index (κ1) is 16.8. The molecule has 3 aromatic carbocycles. The number of carboxylic acid groups (broad SMARTS) is 1. The average molecular weight is 332 g/mol. The van der Waals surface area contributed by atoms with Gasteiger partial charge in [-0.15, -0.1) is 0 Å². The molecule has 0 fully saturated rings. The highest BCUT2D eigenvalue weighted by molar-refractivity contribution is 6.23.